The largest absolute Gasteiger partial charge is 0.455 e. The van der Waals surface area contributed by atoms with Crippen molar-refractivity contribution >= 4 is 5.91 Å². The number of nitrogens with zero attached hydrogens (tertiary/aromatic N) is 2. The molecule has 1 amide bonds. The Balaban J connectivity index is 1.25. The van der Waals surface area contributed by atoms with E-state index in [-0.39, 0.29) is 5.91 Å². The van der Waals surface area contributed by atoms with Gasteiger partial charge in [-0.3, -0.25) is 9.69 Å². The molecule has 3 heterocycles. The lowest BCUT2D eigenvalue weighted by Crippen LogP contribution is -2.47. The van der Waals surface area contributed by atoms with Gasteiger partial charge in [-0.1, -0.05) is 43.5 Å². The van der Waals surface area contributed by atoms with Gasteiger partial charge in [0.1, 0.15) is 5.76 Å². The van der Waals surface area contributed by atoms with Crippen molar-refractivity contribution in [3.8, 4) is 0 Å². The van der Waals surface area contributed by atoms with Crippen LogP contribution in [0.15, 0.2) is 40.8 Å². The summed E-state index contributed by atoms with van der Waals surface area (Å²) in [5, 5.41) is 0. The second-order valence-electron chi connectivity index (χ2n) is 9.79. The van der Waals surface area contributed by atoms with E-state index in [2.05, 4.69) is 36.1 Å². The molecule has 3 fully saturated rings. The molecule has 6 heteroatoms. The van der Waals surface area contributed by atoms with Crippen LogP contribution in [0.2, 0.25) is 0 Å². The first-order chi connectivity index (χ1) is 16.1. The van der Waals surface area contributed by atoms with Crippen LogP contribution in [-0.4, -0.2) is 53.8 Å². The third kappa shape index (κ3) is 5.18. The van der Waals surface area contributed by atoms with Gasteiger partial charge >= 0.3 is 0 Å². The molecule has 0 radical (unpaired) electrons. The Morgan fingerprint density at radius 2 is 1.73 bits per heavy atom. The van der Waals surface area contributed by atoms with Crippen molar-refractivity contribution in [3.05, 3.63) is 59.0 Å². The molecule has 1 aromatic heterocycles. The zero-order valence-electron chi connectivity index (χ0n) is 19.8. The van der Waals surface area contributed by atoms with Crippen molar-refractivity contribution in [1.82, 2.24) is 9.80 Å². The summed E-state index contributed by atoms with van der Waals surface area (Å²) in [5.74, 6) is 0.806. The Hall–Kier alpha value is -2.15. The van der Waals surface area contributed by atoms with Crippen molar-refractivity contribution in [2.24, 2.45) is 0 Å². The number of furan rings is 1. The van der Waals surface area contributed by atoms with E-state index in [1.54, 1.807) is 0 Å². The SMILES string of the molecule is Cc1ccccc1CN(Cc1ccc(C(=O)N2CCC3(CC2)OCCO3)o1)C1CCCCC1. The highest BCUT2D eigenvalue weighted by Gasteiger charge is 2.41. The van der Waals surface area contributed by atoms with Crippen LogP contribution in [0.1, 0.15) is 72.4 Å². The fourth-order valence-corrected chi connectivity index (χ4v) is 5.54. The molecule has 2 saturated heterocycles. The molecule has 2 aliphatic heterocycles. The van der Waals surface area contributed by atoms with Crippen LogP contribution in [0.5, 0.6) is 0 Å². The molecule has 3 aliphatic rings. The summed E-state index contributed by atoms with van der Waals surface area (Å²) in [6.45, 7) is 6.40. The number of aryl methyl sites for hydroxylation is 1. The average Bonchev–Trinajstić information content (AvgIpc) is 3.51. The van der Waals surface area contributed by atoms with Crippen LogP contribution in [0, 0.1) is 6.92 Å². The molecule has 1 aliphatic carbocycles. The van der Waals surface area contributed by atoms with Gasteiger partial charge in [0.15, 0.2) is 11.5 Å². The lowest BCUT2D eigenvalue weighted by molar-refractivity contribution is -0.181. The standard InChI is InChI=1S/C27H36N2O4/c1-21-7-5-6-8-22(21)19-29(23-9-3-2-4-10-23)20-24-11-12-25(33-24)26(30)28-15-13-27(14-16-28)31-17-18-32-27/h5-8,11-12,23H,2-4,9-10,13-20H2,1H3. The highest BCUT2D eigenvalue weighted by atomic mass is 16.7. The van der Waals surface area contributed by atoms with Gasteiger partial charge in [0.2, 0.25) is 0 Å². The van der Waals surface area contributed by atoms with E-state index < -0.39 is 5.79 Å². The molecule has 1 spiro atoms. The highest BCUT2D eigenvalue weighted by molar-refractivity contribution is 5.91. The van der Waals surface area contributed by atoms with Gasteiger partial charge in [0.05, 0.1) is 19.8 Å². The summed E-state index contributed by atoms with van der Waals surface area (Å²) in [7, 11) is 0. The number of ether oxygens (including phenoxy) is 2. The summed E-state index contributed by atoms with van der Waals surface area (Å²) in [6, 6.07) is 13.0. The predicted molar refractivity (Wildman–Crippen MR) is 126 cm³/mol. The fourth-order valence-electron chi connectivity index (χ4n) is 5.54. The van der Waals surface area contributed by atoms with Gasteiger partial charge in [-0.2, -0.15) is 0 Å². The minimum Gasteiger partial charge on any atom is -0.455 e. The van der Waals surface area contributed by atoms with Gasteiger partial charge in [0, 0.05) is 38.5 Å². The first kappa shape index (κ1) is 22.6. The number of carbonyl (C=O) groups excluding carboxylic acids is 1. The van der Waals surface area contributed by atoms with E-state index in [4.69, 9.17) is 13.9 Å². The molecule has 178 valence electrons. The molecule has 5 rings (SSSR count). The number of rotatable bonds is 6. The van der Waals surface area contributed by atoms with E-state index in [9.17, 15) is 4.79 Å². The van der Waals surface area contributed by atoms with Gasteiger partial charge in [-0.15, -0.1) is 0 Å². The summed E-state index contributed by atoms with van der Waals surface area (Å²) >= 11 is 0. The Bertz CT molecular complexity index is 933. The normalized spacial score (nSPS) is 21.2. The maximum atomic E-state index is 13.1. The molecule has 0 bridgehead atoms. The van der Waals surface area contributed by atoms with E-state index in [1.807, 2.05) is 17.0 Å². The number of hydrogen-bond donors (Lipinski definition) is 0. The van der Waals surface area contributed by atoms with E-state index >= 15 is 0 Å². The second kappa shape index (κ2) is 10.00. The van der Waals surface area contributed by atoms with Crippen molar-refractivity contribution < 1.29 is 18.7 Å². The molecular weight excluding hydrogens is 416 g/mol. The van der Waals surface area contributed by atoms with E-state index in [0.29, 0.717) is 38.1 Å². The number of carbonyl (C=O) groups is 1. The van der Waals surface area contributed by atoms with Crippen molar-refractivity contribution in [2.45, 2.75) is 76.8 Å². The molecule has 33 heavy (non-hydrogen) atoms. The smallest absolute Gasteiger partial charge is 0.289 e. The molecule has 6 nitrogen and oxygen atoms in total. The van der Waals surface area contributed by atoms with Crippen LogP contribution in [0.25, 0.3) is 0 Å². The quantitative estimate of drug-likeness (QED) is 0.624. The maximum Gasteiger partial charge on any atom is 0.289 e. The Labute approximate surface area is 196 Å². The zero-order valence-corrected chi connectivity index (χ0v) is 19.8. The molecule has 0 unspecified atom stereocenters. The first-order valence-corrected chi connectivity index (χ1v) is 12.6. The van der Waals surface area contributed by atoms with Gasteiger partial charge in [-0.25, -0.2) is 0 Å². The molecule has 0 N–H and O–H groups in total. The number of piperidine rings is 1. The molecule has 2 aromatic rings. The Morgan fingerprint density at radius 3 is 2.45 bits per heavy atom. The van der Waals surface area contributed by atoms with Crippen molar-refractivity contribution in [3.63, 3.8) is 0 Å². The van der Waals surface area contributed by atoms with E-state index in [0.717, 1.165) is 31.7 Å². The second-order valence-corrected chi connectivity index (χ2v) is 9.79. The van der Waals surface area contributed by atoms with Crippen LogP contribution in [0.4, 0.5) is 0 Å². The molecule has 0 atom stereocenters. The highest BCUT2D eigenvalue weighted by Crippen LogP contribution is 2.32. The Kier molecular flexibility index (Phi) is 6.86. The molecular formula is C27H36N2O4. The van der Waals surface area contributed by atoms with Crippen LogP contribution >= 0.6 is 0 Å². The topological polar surface area (TPSA) is 55.2 Å². The minimum absolute atomic E-state index is 0.0304. The summed E-state index contributed by atoms with van der Waals surface area (Å²) in [4.78, 5) is 17.5. The van der Waals surface area contributed by atoms with Gasteiger partial charge in [-0.05, 0) is 43.0 Å². The van der Waals surface area contributed by atoms with Gasteiger partial charge < -0.3 is 18.8 Å². The predicted octanol–water partition coefficient (Wildman–Crippen LogP) is 4.90. The number of hydrogen-bond acceptors (Lipinski definition) is 5. The lowest BCUT2D eigenvalue weighted by atomic mass is 9.93. The number of amides is 1. The third-order valence-corrected chi connectivity index (χ3v) is 7.58. The zero-order chi connectivity index (χ0) is 22.7. The van der Waals surface area contributed by atoms with Crippen molar-refractivity contribution in [2.75, 3.05) is 26.3 Å². The van der Waals surface area contributed by atoms with Crippen molar-refractivity contribution in [1.29, 1.82) is 0 Å². The monoisotopic (exact) mass is 452 g/mol. The average molecular weight is 453 g/mol. The Morgan fingerprint density at radius 1 is 1.00 bits per heavy atom. The van der Waals surface area contributed by atoms with Crippen LogP contribution < -0.4 is 0 Å². The number of benzene rings is 1. The van der Waals surface area contributed by atoms with Gasteiger partial charge in [0.25, 0.3) is 5.91 Å². The van der Waals surface area contributed by atoms with E-state index in [1.165, 1.54) is 43.2 Å². The molecule has 1 aromatic carbocycles. The van der Waals surface area contributed by atoms with Crippen LogP contribution in [-0.2, 0) is 22.6 Å². The molecule has 1 saturated carbocycles. The summed E-state index contributed by atoms with van der Waals surface area (Å²) in [6.07, 6.45) is 7.83. The lowest BCUT2D eigenvalue weighted by Gasteiger charge is -2.37. The maximum absolute atomic E-state index is 13.1. The van der Waals surface area contributed by atoms with Crippen LogP contribution in [0.3, 0.4) is 0 Å². The summed E-state index contributed by atoms with van der Waals surface area (Å²) < 4.78 is 17.7. The minimum atomic E-state index is -0.471. The first-order valence-electron chi connectivity index (χ1n) is 12.6. The third-order valence-electron chi connectivity index (χ3n) is 7.58. The summed E-state index contributed by atoms with van der Waals surface area (Å²) in [5.41, 5.74) is 2.69. The fraction of sp³-hybridized carbons (Fsp3) is 0.593. The number of likely N-dealkylation sites (tertiary alicyclic amines) is 1.